The first kappa shape index (κ1) is 14.4. The van der Waals surface area contributed by atoms with Crippen LogP contribution in [0.1, 0.15) is 29.2 Å². The van der Waals surface area contributed by atoms with Gasteiger partial charge in [0.1, 0.15) is 18.2 Å². The highest BCUT2D eigenvalue weighted by Gasteiger charge is 2.21. The molecule has 0 spiro atoms. The molecule has 0 aliphatic heterocycles. The van der Waals surface area contributed by atoms with E-state index in [1.165, 1.54) is 23.3 Å². The summed E-state index contributed by atoms with van der Waals surface area (Å²) in [5.41, 5.74) is 3.47. The molecule has 0 aromatic heterocycles. The van der Waals surface area contributed by atoms with Gasteiger partial charge in [0.2, 0.25) is 0 Å². The number of hydrogen-bond acceptors (Lipinski definition) is 2. The van der Waals surface area contributed by atoms with Gasteiger partial charge < -0.3 is 10.1 Å². The molecule has 2 aromatic carbocycles. The lowest BCUT2D eigenvalue weighted by Gasteiger charge is -2.12. The molecule has 0 heterocycles. The Kier molecular flexibility index (Phi) is 4.13. The molecule has 1 aliphatic carbocycles. The highest BCUT2D eigenvalue weighted by Crippen LogP contribution is 2.33. The summed E-state index contributed by atoms with van der Waals surface area (Å²) in [6, 6.07) is 11.0. The van der Waals surface area contributed by atoms with E-state index < -0.39 is 0 Å². The summed E-state index contributed by atoms with van der Waals surface area (Å²) in [4.78, 5) is 0. The van der Waals surface area contributed by atoms with Crippen molar-refractivity contribution >= 4 is 11.6 Å². The van der Waals surface area contributed by atoms with Crippen LogP contribution < -0.4 is 10.1 Å². The van der Waals surface area contributed by atoms with Gasteiger partial charge in [-0.25, -0.2) is 4.39 Å². The van der Waals surface area contributed by atoms with E-state index in [-0.39, 0.29) is 5.82 Å². The number of halogens is 2. The Labute approximate surface area is 128 Å². The molecule has 1 N–H and O–H groups in total. The zero-order valence-electron chi connectivity index (χ0n) is 11.8. The topological polar surface area (TPSA) is 21.3 Å². The summed E-state index contributed by atoms with van der Waals surface area (Å²) in [6.45, 7) is 0.341. The Morgan fingerprint density at radius 2 is 2.14 bits per heavy atom. The van der Waals surface area contributed by atoms with Crippen molar-refractivity contribution in [1.29, 1.82) is 0 Å². The van der Waals surface area contributed by atoms with Crippen molar-refractivity contribution in [3.8, 4) is 5.75 Å². The molecule has 0 bridgehead atoms. The maximum absolute atomic E-state index is 13.0. The van der Waals surface area contributed by atoms with E-state index in [4.69, 9.17) is 16.3 Å². The predicted molar refractivity (Wildman–Crippen MR) is 82.3 cm³/mol. The molecule has 0 radical (unpaired) electrons. The van der Waals surface area contributed by atoms with Crippen LogP contribution in [0.15, 0.2) is 36.4 Å². The van der Waals surface area contributed by atoms with Gasteiger partial charge in [-0.1, -0.05) is 23.7 Å². The molecule has 110 valence electrons. The number of aryl methyl sites for hydroxylation is 1. The van der Waals surface area contributed by atoms with Crippen molar-refractivity contribution in [2.75, 3.05) is 7.05 Å². The van der Waals surface area contributed by atoms with E-state index >= 15 is 0 Å². The second-order valence-corrected chi connectivity index (χ2v) is 5.67. The van der Waals surface area contributed by atoms with Gasteiger partial charge in [0.05, 0.1) is 5.02 Å². The minimum atomic E-state index is -0.334. The molecule has 1 unspecified atom stereocenters. The van der Waals surface area contributed by atoms with Crippen LogP contribution in [0.4, 0.5) is 4.39 Å². The fourth-order valence-corrected chi connectivity index (χ4v) is 3.01. The molecule has 21 heavy (non-hydrogen) atoms. The van der Waals surface area contributed by atoms with Crippen LogP contribution in [0.3, 0.4) is 0 Å². The maximum Gasteiger partial charge on any atom is 0.124 e. The number of benzene rings is 2. The van der Waals surface area contributed by atoms with E-state index in [2.05, 4.69) is 17.4 Å². The summed E-state index contributed by atoms with van der Waals surface area (Å²) < 4.78 is 18.8. The molecule has 2 aromatic rings. The highest BCUT2D eigenvalue weighted by atomic mass is 35.5. The third-order valence-electron chi connectivity index (χ3n) is 3.95. The van der Waals surface area contributed by atoms with Crippen LogP contribution >= 0.6 is 11.6 Å². The lowest BCUT2D eigenvalue weighted by molar-refractivity contribution is 0.306. The molecular formula is C17H17ClFNO. The molecule has 0 amide bonds. The monoisotopic (exact) mass is 305 g/mol. The largest absolute Gasteiger partial charge is 0.489 e. The van der Waals surface area contributed by atoms with E-state index in [1.807, 2.05) is 13.1 Å². The summed E-state index contributed by atoms with van der Waals surface area (Å²) in [5, 5.41) is 3.71. The van der Waals surface area contributed by atoms with Gasteiger partial charge in [-0.3, -0.25) is 0 Å². The summed E-state index contributed by atoms with van der Waals surface area (Å²) in [5.74, 6) is 0.491. The average molecular weight is 306 g/mol. The number of ether oxygens (including phenoxy) is 1. The summed E-state index contributed by atoms with van der Waals surface area (Å²) >= 11 is 6.00. The first-order valence-corrected chi connectivity index (χ1v) is 7.42. The fourth-order valence-electron chi connectivity index (χ4n) is 2.78. The van der Waals surface area contributed by atoms with Gasteiger partial charge in [-0.15, -0.1) is 0 Å². The Bertz CT molecular complexity index is 659. The minimum Gasteiger partial charge on any atom is -0.489 e. The third kappa shape index (κ3) is 3.04. The van der Waals surface area contributed by atoms with Gasteiger partial charge in [0.15, 0.2) is 0 Å². The van der Waals surface area contributed by atoms with E-state index in [1.54, 1.807) is 6.07 Å². The van der Waals surface area contributed by atoms with Crippen molar-refractivity contribution in [2.45, 2.75) is 25.5 Å². The Morgan fingerprint density at radius 3 is 2.90 bits per heavy atom. The molecule has 0 fully saturated rings. The average Bonchev–Trinajstić information content (AvgIpc) is 2.88. The zero-order valence-corrected chi connectivity index (χ0v) is 12.6. The Balaban J connectivity index is 1.72. The van der Waals surface area contributed by atoms with Gasteiger partial charge in [0, 0.05) is 11.6 Å². The summed E-state index contributed by atoms with van der Waals surface area (Å²) in [7, 11) is 1.99. The van der Waals surface area contributed by atoms with Crippen molar-refractivity contribution in [1.82, 2.24) is 5.32 Å². The third-order valence-corrected chi connectivity index (χ3v) is 4.30. The molecule has 0 saturated heterocycles. The smallest absolute Gasteiger partial charge is 0.124 e. The zero-order chi connectivity index (χ0) is 14.8. The van der Waals surface area contributed by atoms with Crippen molar-refractivity contribution in [3.05, 3.63) is 63.9 Å². The van der Waals surface area contributed by atoms with Gasteiger partial charge >= 0.3 is 0 Å². The first-order valence-electron chi connectivity index (χ1n) is 7.04. The van der Waals surface area contributed by atoms with Crippen LogP contribution in [-0.4, -0.2) is 7.05 Å². The Hall–Kier alpha value is -1.58. The standard InChI is InChI=1S/C17H17ClFNO/c1-20-17-7-3-11-8-14(5-6-15(11)17)21-10-12-2-4-13(19)9-16(12)18/h2,4-6,8-9,17,20H,3,7,10H2,1H3. The molecule has 4 heteroatoms. The van der Waals surface area contributed by atoms with Crippen molar-refractivity contribution in [3.63, 3.8) is 0 Å². The molecule has 1 aliphatic rings. The van der Waals surface area contributed by atoms with Crippen LogP contribution in [-0.2, 0) is 13.0 Å². The normalized spacial score (nSPS) is 16.8. The van der Waals surface area contributed by atoms with E-state index in [0.29, 0.717) is 17.7 Å². The predicted octanol–water partition coefficient (Wildman–Crippen LogP) is 4.26. The van der Waals surface area contributed by atoms with Gasteiger partial charge in [-0.2, -0.15) is 0 Å². The number of fused-ring (bicyclic) bond motifs is 1. The Morgan fingerprint density at radius 1 is 1.29 bits per heavy atom. The molecular weight excluding hydrogens is 289 g/mol. The minimum absolute atomic E-state index is 0.334. The summed E-state index contributed by atoms with van der Waals surface area (Å²) in [6.07, 6.45) is 2.19. The molecule has 1 atom stereocenters. The number of hydrogen-bond donors (Lipinski definition) is 1. The second-order valence-electron chi connectivity index (χ2n) is 5.26. The second kappa shape index (κ2) is 6.04. The van der Waals surface area contributed by atoms with Crippen molar-refractivity contribution in [2.24, 2.45) is 0 Å². The SMILES string of the molecule is CNC1CCc2cc(OCc3ccc(F)cc3Cl)ccc21. The van der Waals surface area contributed by atoms with Gasteiger partial charge in [0.25, 0.3) is 0 Å². The highest BCUT2D eigenvalue weighted by molar-refractivity contribution is 6.31. The van der Waals surface area contributed by atoms with E-state index in [0.717, 1.165) is 24.2 Å². The fraction of sp³-hybridized carbons (Fsp3) is 0.294. The number of nitrogens with one attached hydrogen (secondary N) is 1. The lowest BCUT2D eigenvalue weighted by atomic mass is 10.1. The van der Waals surface area contributed by atoms with Crippen LogP contribution in [0, 0.1) is 5.82 Å². The molecule has 2 nitrogen and oxygen atoms in total. The van der Waals surface area contributed by atoms with E-state index in [9.17, 15) is 4.39 Å². The van der Waals surface area contributed by atoms with Crippen LogP contribution in [0.2, 0.25) is 5.02 Å². The maximum atomic E-state index is 13.0. The van der Waals surface area contributed by atoms with Crippen molar-refractivity contribution < 1.29 is 9.13 Å². The van der Waals surface area contributed by atoms with Crippen LogP contribution in [0.25, 0.3) is 0 Å². The van der Waals surface area contributed by atoms with Gasteiger partial charge in [-0.05, 0) is 55.3 Å². The molecule has 3 rings (SSSR count). The number of rotatable bonds is 4. The lowest BCUT2D eigenvalue weighted by Crippen LogP contribution is -2.12. The first-order chi connectivity index (χ1) is 10.2. The quantitative estimate of drug-likeness (QED) is 0.911. The van der Waals surface area contributed by atoms with Crippen LogP contribution in [0.5, 0.6) is 5.75 Å². The molecule has 0 saturated carbocycles.